The van der Waals surface area contributed by atoms with E-state index in [1.807, 2.05) is 97.1 Å². The zero-order valence-electron chi connectivity index (χ0n) is 33.6. The summed E-state index contributed by atoms with van der Waals surface area (Å²) in [6, 6.07) is 78.1. The summed E-state index contributed by atoms with van der Waals surface area (Å²) in [5.74, 6) is 0. The van der Waals surface area contributed by atoms with E-state index < -0.39 is 7.14 Å². The Kier molecular flexibility index (Phi) is 9.41. The molecule has 0 N–H and O–H groups in total. The second kappa shape index (κ2) is 15.7. The van der Waals surface area contributed by atoms with Gasteiger partial charge in [0.1, 0.15) is 0 Å². The maximum atomic E-state index is 15.3. The van der Waals surface area contributed by atoms with Crippen LogP contribution in [0.15, 0.2) is 231 Å². The average Bonchev–Trinajstić information content (AvgIpc) is 3.36. The fourth-order valence-corrected chi connectivity index (χ4v) is 11.4. The lowest BCUT2D eigenvalue weighted by atomic mass is 9.90. The van der Waals surface area contributed by atoms with Gasteiger partial charge in [0, 0.05) is 54.3 Å². The highest BCUT2D eigenvalue weighted by atomic mass is 31.2. The molecule has 11 rings (SSSR count). The molecule has 0 saturated carbocycles. The quantitative estimate of drug-likeness (QED) is 0.113. The molecule has 0 radical (unpaired) electrons. The van der Waals surface area contributed by atoms with Crippen molar-refractivity contribution in [2.45, 2.75) is 0 Å². The molecule has 0 fully saturated rings. The molecule has 0 spiro atoms. The Bertz CT molecular complexity index is 3410. The molecule has 0 saturated heterocycles. The third kappa shape index (κ3) is 6.41. The first-order chi connectivity index (χ1) is 30.6. The van der Waals surface area contributed by atoms with Crippen LogP contribution in [0.2, 0.25) is 0 Å². The molecule has 0 aliphatic heterocycles. The summed E-state index contributed by atoms with van der Waals surface area (Å²) in [5.41, 5.74) is 12.1. The molecule has 292 valence electrons. The number of nitrogens with zero attached hydrogens (tertiary/aromatic N) is 3. The fourth-order valence-electron chi connectivity index (χ4n) is 8.79. The zero-order chi connectivity index (χ0) is 41.5. The molecule has 0 bridgehead atoms. The van der Waals surface area contributed by atoms with Crippen molar-refractivity contribution < 1.29 is 4.57 Å². The van der Waals surface area contributed by atoms with Gasteiger partial charge in [-0.05, 0) is 28.8 Å². The maximum Gasteiger partial charge on any atom is 0.171 e. The normalized spacial score (nSPS) is 11.6. The predicted molar refractivity (Wildman–Crippen MR) is 259 cm³/mol. The second-order valence-electron chi connectivity index (χ2n) is 15.4. The number of rotatable bonds is 8. The topological polar surface area (TPSA) is 55.7 Å². The molecule has 4 nitrogen and oxygen atoms in total. The molecule has 0 unspecified atom stereocenters. The minimum absolute atomic E-state index is 0.784. The van der Waals surface area contributed by atoms with Gasteiger partial charge >= 0.3 is 0 Å². The van der Waals surface area contributed by atoms with Gasteiger partial charge in [0.15, 0.2) is 7.14 Å². The first-order valence-corrected chi connectivity index (χ1v) is 22.5. The van der Waals surface area contributed by atoms with Gasteiger partial charge < -0.3 is 4.57 Å². The smallest absolute Gasteiger partial charge is 0.171 e. The van der Waals surface area contributed by atoms with Crippen molar-refractivity contribution in [2.75, 3.05) is 0 Å². The average molecular weight is 812 g/mol. The van der Waals surface area contributed by atoms with E-state index in [4.69, 9.17) is 15.0 Å². The summed E-state index contributed by atoms with van der Waals surface area (Å²) >= 11 is 0. The monoisotopic (exact) mass is 811 g/mol. The first-order valence-electron chi connectivity index (χ1n) is 20.8. The SMILES string of the molecule is O=P(c1ccccc1)(c1ccccc1)c1ccc(-c2ccccc2-c2nc3ccccc3c3c2cc(-c2ccccc2)c2nc(-c4ccccc4)c(-c4ccccc4)nc23)cc1. The summed E-state index contributed by atoms with van der Waals surface area (Å²) in [4.78, 5) is 16.7. The lowest BCUT2D eigenvalue weighted by molar-refractivity contribution is 0.592. The van der Waals surface area contributed by atoms with E-state index in [1.165, 1.54) is 0 Å². The largest absolute Gasteiger partial charge is 0.309 e. The molecular weight excluding hydrogens is 774 g/mol. The van der Waals surface area contributed by atoms with Crippen LogP contribution in [0.5, 0.6) is 0 Å². The van der Waals surface area contributed by atoms with Crippen LogP contribution in [-0.4, -0.2) is 15.0 Å². The maximum absolute atomic E-state index is 15.3. The lowest BCUT2D eigenvalue weighted by Gasteiger charge is -2.21. The Hall–Kier alpha value is -7.78. The fraction of sp³-hybridized carbons (Fsp3) is 0. The Labute approximate surface area is 360 Å². The van der Waals surface area contributed by atoms with E-state index in [0.29, 0.717) is 0 Å². The second-order valence-corrected chi connectivity index (χ2v) is 18.2. The van der Waals surface area contributed by atoms with Crippen molar-refractivity contribution in [2.24, 2.45) is 0 Å². The summed E-state index contributed by atoms with van der Waals surface area (Å²) in [6.45, 7) is 0. The van der Waals surface area contributed by atoms with Crippen LogP contribution in [0.4, 0.5) is 0 Å². The molecule has 11 aromatic rings. The van der Waals surface area contributed by atoms with Crippen LogP contribution in [0.1, 0.15) is 0 Å². The van der Waals surface area contributed by atoms with Crippen LogP contribution >= 0.6 is 7.14 Å². The van der Waals surface area contributed by atoms with E-state index in [0.717, 1.165) is 105 Å². The van der Waals surface area contributed by atoms with Gasteiger partial charge in [0.25, 0.3) is 0 Å². The number of aromatic nitrogens is 3. The number of benzene rings is 9. The third-order valence-corrected chi connectivity index (χ3v) is 14.8. The van der Waals surface area contributed by atoms with Gasteiger partial charge in [0.05, 0.1) is 33.6 Å². The molecule has 9 aromatic carbocycles. The summed E-state index contributed by atoms with van der Waals surface area (Å²) < 4.78 is 15.3. The van der Waals surface area contributed by atoms with Gasteiger partial charge in [-0.2, -0.15) is 0 Å². The zero-order valence-corrected chi connectivity index (χ0v) is 34.5. The first kappa shape index (κ1) is 37.2. The van der Waals surface area contributed by atoms with E-state index >= 15 is 4.57 Å². The molecule has 0 amide bonds. The minimum Gasteiger partial charge on any atom is -0.309 e. The summed E-state index contributed by atoms with van der Waals surface area (Å²) in [7, 11) is -3.15. The van der Waals surface area contributed by atoms with Crippen molar-refractivity contribution in [3.63, 3.8) is 0 Å². The van der Waals surface area contributed by atoms with Gasteiger partial charge in [-0.1, -0.05) is 218 Å². The summed E-state index contributed by atoms with van der Waals surface area (Å²) in [5, 5.41) is 5.39. The standard InChI is InChI=1S/C57H38N3OP/c61-62(43-26-12-4-13-27-43,44-28-14-5-15-29-44)45-36-34-40(35-37-45)46-30-16-17-31-47(46)55-50-38-49(39-20-6-1-7-21-39)56-57(52(50)48-32-18-19-33-51(48)58-55)60-54(42-24-10-3-11-25-42)53(59-56)41-22-8-2-9-23-41/h1-38H. The number of pyridine rings is 1. The Morgan fingerprint density at radius 1 is 0.306 bits per heavy atom. The van der Waals surface area contributed by atoms with Crippen LogP contribution < -0.4 is 15.9 Å². The third-order valence-electron chi connectivity index (χ3n) is 11.7. The lowest BCUT2D eigenvalue weighted by Crippen LogP contribution is -2.24. The van der Waals surface area contributed by atoms with Crippen LogP contribution in [-0.2, 0) is 4.57 Å². The van der Waals surface area contributed by atoms with Crippen molar-refractivity contribution in [1.82, 2.24) is 15.0 Å². The number of para-hydroxylation sites is 1. The van der Waals surface area contributed by atoms with E-state index in [1.54, 1.807) is 0 Å². The van der Waals surface area contributed by atoms with Crippen LogP contribution in [0.3, 0.4) is 0 Å². The highest BCUT2D eigenvalue weighted by molar-refractivity contribution is 7.85. The van der Waals surface area contributed by atoms with Crippen molar-refractivity contribution in [3.05, 3.63) is 231 Å². The van der Waals surface area contributed by atoms with E-state index in [2.05, 4.69) is 133 Å². The molecule has 5 heteroatoms. The van der Waals surface area contributed by atoms with Crippen LogP contribution in [0.25, 0.3) is 88.7 Å². The molecule has 0 aliphatic carbocycles. The molecule has 0 atom stereocenters. The Balaban J connectivity index is 1.18. The number of hydrogen-bond acceptors (Lipinski definition) is 4. The number of hydrogen-bond donors (Lipinski definition) is 0. The Morgan fingerprint density at radius 2 is 0.742 bits per heavy atom. The molecule has 2 aromatic heterocycles. The van der Waals surface area contributed by atoms with Gasteiger partial charge in [-0.15, -0.1) is 0 Å². The van der Waals surface area contributed by atoms with Gasteiger partial charge in [-0.25, -0.2) is 15.0 Å². The van der Waals surface area contributed by atoms with E-state index in [-0.39, 0.29) is 0 Å². The highest BCUT2D eigenvalue weighted by Gasteiger charge is 2.30. The number of fused-ring (bicyclic) bond motifs is 5. The van der Waals surface area contributed by atoms with Gasteiger partial charge in [-0.3, -0.25) is 0 Å². The van der Waals surface area contributed by atoms with Crippen molar-refractivity contribution in [3.8, 4) is 56.0 Å². The summed E-state index contributed by atoms with van der Waals surface area (Å²) in [6.07, 6.45) is 0. The predicted octanol–water partition coefficient (Wildman–Crippen LogP) is 13.3. The minimum atomic E-state index is -3.15. The molecule has 2 heterocycles. The van der Waals surface area contributed by atoms with Crippen molar-refractivity contribution in [1.29, 1.82) is 0 Å². The molecular formula is C57H38N3OP. The molecule has 62 heavy (non-hydrogen) atoms. The van der Waals surface area contributed by atoms with E-state index in [9.17, 15) is 0 Å². The van der Waals surface area contributed by atoms with Gasteiger partial charge in [0.2, 0.25) is 0 Å². The molecule has 0 aliphatic rings. The Morgan fingerprint density at radius 3 is 1.32 bits per heavy atom. The highest BCUT2D eigenvalue weighted by Crippen LogP contribution is 2.46. The van der Waals surface area contributed by atoms with Crippen LogP contribution in [0, 0.1) is 0 Å². The van der Waals surface area contributed by atoms with Crippen molar-refractivity contribution >= 4 is 55.8 Å².